The normalized spacial score (nSPS) is 14.0. The van der Waals surface area contributed by atoms with Crippen LogP contribution in [0.15, 0.2) is 134 Å². The van der Waals surface area contributed by atoms with Gasteiger partial charge in [-0.3, -0.25) is 18.6 Å². The number of phosphoric ester groups is 1. The number of phosphoric acid groups is 1. The maximum atomic E-state index is 12.8. The molecule has 0 aromatic rings. The van der Waals surface area contributed by atoms with Gasteiger partial charge in [0.2, 0.25) is 0 Å². The Morgan fingerprint density at radius 2 is 0.643 bits per heavy atom. The Morgan fingerprint density at radius 3 is 0.952 bits per heavy atom. The standard InChI is InChI=1S/C74H126NO8P/c1-6-8-10-12-14-16-18-20-22-24-26-28-30-31-32-33-34-35-36-37-38-39-40-41-42-43-45-46-48-50-52-54-56-58-60-62-64-66-73(76)80-70-72(71-82-84(78,79)81-69-68-75(3,4)5)83-74(77)67-65-63-61-59-57-55-53-51-49-47-44-29-27-25-23-21-19-17-15-13-11-9-7-2/h8-11,14-17,20-23,26-29,31-32,47,49,53,55,72H,6-7,12-13,18-19,24-25,30,33-46,48,50-52,54,56-71H2,1-5H3/p+1/b10-8-,11-9-,16-14-,17-15-,22-20-,23-21-,28-26-,29-27-,32-31-,49-47-,55-53-. The van der Waals surface area contributed by atoms with Crippen LogP contribution in [0.2, 0.25) is 0 Å². The molecule has 0 radical (unpaired) electrons. The highest BCUT2D eigenvalue weighted by atomic mass is 31.2. The summed E-state index contributed by atoms with van der Waals surface area (Å²) in [6.07, 6.45) is 92.7. The molecule has 480 valence electrons. The zero-order chi connectivity index (χ0) is 61.2. The van der Waals surface area contributed by atoms with Crippen molar-refractivity contribution < 1.29 is 42.1 Å². The van der Waals surface area contributed by atoms with Gasteiger partial charge in [0, 0.05) is 12.8 Å². The van der Waals surface area contributed by atoms with E-state index in [1.54, 1.807) is 0 Å². The number of unbranched alkanes of at least 4 members (excludes halogenated alkanes) is 25. The summed E-state index contributed by atoms with van der Waals surface area (Å²) in [4.78, 5) is 35.8. The Balaban J connectivity index is 4.05. The van der Waals surface area contributed by atoms with Crippen molar-refractivity contribution in [3.63, 3.8) is 0 Å². The topological polar surface area (TPSA) is 108 Å². The van der Waals surface area contributed by atoms with E-state index in [0.29, 0.717) is 17.4 Å². The zero-order valence-corrected chi connectivity index (χ0v) is 55.5. The molecule has 84 heavy (non-hydrogen) atoms. The molecule has 0 aliphatic carbocycles. The highest BCUT2D eigenvalue weighted by molar-refractivity contribution is 7.47. The van der Waals surface area contributed by atoms with Gasteiger partial charge in [-0.15, -0.1) is 0 Å². The molecule has 0 saturated carbocycles. The minimum Gasteiger partial charge on any atom is -0.462 e. The average molecular weight is 1190 g/mol. The second kappa shape index (κ2) is 63.6. The van der Waals surface area contributed by atoms with E-state index < -0.39 is 26.5 Å². The van der Waals surface area contributed by atoms with E-state index in [9.17, 15) is 19.0 Å². The molecule has 0 fully saturated rings. The van der Waals surface area contributed by atoms with Crippen LogP contribution in [-0.4, -0.2) is 74.9 Å². The van der Waals surface area contributed by atoms with Crippen LogP contribution in [0.1, 0.15) is 271 Å². The van der Waals surface area contributed by atoms with Gasteiger partial charge in [-0.1, -0.05) is 282 Å². The fourth-order valence-corrected chi connectivity index (χ4v) is 9.79. The molecule has 0 aromatic carbocycles. The van der Waals surface area contributed by atoms with Crippen molar-refractivity contribution in [2.24, 2.45) is 0 Å². The number of quaternary nitrogens is 1. The molecule has 10 heteroatoms. The van der Waals surface area contributed by atoms with Crippen LogP contribution in [0.5, 0.6) is 0 Å². The molecule has 0 rings (SSSR count). The van der Waals surface area contributed by atoms with E-state index in [4.69, 9.17) is 18.5 Å². The molecule has 2 unspecified atom stereocenters. The van der Waals surface area contributed by atoms with Crippen molar-refractivity contribution in [2.75, 3.05) is 47.5 Å². The number of allylic oxidation sites excluding steroid dienone is 22. The number of likely N-dealkylation sites (N-methyl/N-ethyl adjacent to an activating group) is 1. The first-order valence-corrected chi connectivity index (χ1v) is 35.4. The van der Waals surface area contributed by atoms with Crippen LogP contribution in [0.4, 0.5) is 0 Å². The predicted molar refractivity (Wildman–Crippen MR) is 362 cm³/mol. The van der Waals surface area contributed by atoms with Crippen LogP contribution in [0, 0.1) is 0 Å². The predicted octanol–water partition coefficient (Wildman–Crippen LogP) is 22.0. The van der Waals surface area contributed by atoms with Crippen LogP contribution in [-0.2, 0) is 32.7 Å². The first-order chi connectivity index (χ1) is 41.0. The second-order valence-electron chi connectivity index (χ2n) is 23.4. The Kier molecular flexibility index (Phi) is 60.7. The fraction of sp³-hybridized carbons (Fsp3) is 0.676. The summed E-state index contributed by atoms with van der Waals surface area (Å²) in [5.41, 5.74) is 0. The van der Waals surface area contributed by atoms with Gasteiger partial charge >= 0.3 is 19.8 Å². The molecule has 9 nitrogen and oxygen atoms in total. The lowest BCUT2D eigenvalue weighted by Gasteiger charge is -2.24. The molecule has 1 N–H and O–H groups in total. The summed E-state index contributed by atoms with van der Waals surface area (Å²) in [6.45, 7) is 4.18. The van der Waals surface area contributed by atoms with Crippen molar-refractivity contribution in [3.05, 3.63) is 134 Å². The van der Waals surface area contributed by atoms with Crippen molar-refractivity contribution >= 4 is 19.8 Å². The lowest BCUT2D eigenvalue weighted by Crippen LogP contribution is -2.37. The average Bonchev–Trinajstić information content (AvgIpc) is 3.61. The Labute approximate surface area is 517 Å². The van der Waals surface area contributed by atoms with E-state index in [0.717, 1.165) is 116 Å². The Morgan fingerprint density at radius 1 is 0.369 bits per heavy atom. The maximum Gasteiger partial charge on any atom is 0.472 e. The van der Waals surface area contributed by atoms with Gasteiger partial charge in [0.25, 0.3) is 0 Å². The molecule has 2 atom stereocenters. The monoisotopic (exact) mass is 1190 g/mol. The summed E-state index contributed by atoms with van der Waals surface area (Å²) in [6, 6.07) is 0. The number of rotatable bonds is 61. The second-order valence-corrected chi connectivity index (χ2v) is 24.9. The molecule has 0 spiro atoms. The molecule has 0 heterocycles. The smallest absolute Gasteiger partial charge is 0.462 e. The van der Waals surface area contributed by atoms with Crippen LogP contribution in [0.3, 0.4) is 0 Å². The SMILES string of the molecule is CC/C=C\C/C=C\C/C=C\C/C=C\C/C=C\C/C=C\CCCCCCC(=O)OC(COC(=O)CCCCCCCCCCCCCCCCCCCCCCC/C=C\C/C=C\C/C=C\C/C=C\C/C=C\CC)COP(=O)(O)OCC[N+](C)(C)C. The third-order valence-corrected chi connectivity index (χ3v) is 15.2. The van der Waals surface area contributed by atoms with Crippen LogP contribution < -0.4 is 0 Å². The van der Waals surface area contributed by atoms with Gasteiger partial charge in [-0.25, -0.2) is 4.57 Å². The summed E-state index contributed by atoms with van der Waals surface area (Å²) in [5.74, 6) is -0.826. The minimum absolute atomic E-state index is 0.0211. The highest BCUT2D eigenvalue weighted by Crippen LogP contribution is 2.43. The number of hydrogen-bond acceptors (Lipinski definition) is 7. The molecule has 0 aliphatic heterocycles. The summed E-state index contributed by atoms with van der Waals surface area (Å²) >= 11 is 0. The van der Waals surface area contributed by atoms with E-state index in [1.165, 1.54) is 122 Å². The molecule has 0 saturated heterocycles. The van der Waals surface area contributed by atoms with Crippen LogP contribution >= 0.6 is 7.82 Å². The first kappa shape index (κ1) is 80.2. The third-order valence-electron chi connectivity index (χ3n) is 14.2. The van der Waals surface area contributed by atoms with Gasteiger partial charge in [-0.2, -0.15) is 0 Å². The van der Waals surface area contributed by atoms with Crippen LogP contribution in [0.25, 0.3) is 0 Å². The van der Waals surface area contributed by atoms with E-state index >= 15 is 0 Å². The van der Waals surface area contributed by atoms with Gasteiger partial charge in [-0.05, 0) is 109 Å². The number of carbonyl (C=O) groups excluding carboxylic acids is 2. The quantitative estimate of drug-likeness (QED) is 0.0211. The number of nitrogens with zero attached hydrogens (tertiary/aromatic N) is 1. The van der Waals surface area contributed by atoms with Gasteiger partial charge in [0.15, 0.2) is 6.10 Å². The number of ether oxygens (including phenoxy) is 2. The number of hydrogen-bond donors (Lipinski definition) is 1. The third kappa shape index (κ3) is 67.3. The Bertz CT molecular complexity index is 1880. The molecule has 0 bridgehead atoms. The van der Waals surface area contributed by atoms with Crippen molar-refractivity contribution in [1.29, 1.82) is 0 Å². The van der Waals surface area contributed by atoms with E-state index in [-0.39, 0.29) is 32.0 Å². The van der Waals surface area contributed by atoms with Gasteiger partial charge in [0.1, 0.15) is 19.8 Å². The highest BCUT2D eigenvalue weighted by Gasteiger charge is 2.27. The van der Waals surface area contributed by atoms with E-state index in [1.807, 2.05) is 21.1 Å². The van der Waals surface area contributed by atoms with E-state index in [2.05, 4.69) is 148 Å². The van der Waals surface area contributed by atoms with Gasteiger partial charge < -0.3 is 18.9 Å². The molecular weight excluding hydrogens is 1060 g/mol. The number of carbonyl (C=O) groups is 2. The van der Waals surface area contributed by atoms with Crippen molar-refractivity contribution in [2.45, 2.75) is 277 Å². The maximum absolute atomic E-state index is 12.8. The fourth-order valence-electron chi connectivity index (χ4n) is 9.05. The summed E-state index contributed by atoms with van der Waals surface area (Å²) in [5, 5.41) is 0. The molecule has 0 aliphatic rings. The zero-order valence-electron chi connectivity index (χ0n) is 54.6. The van der Waals surface area contributed by atoms with Crippen molar-refractivity contribution in [1.82, 2.24) is 0 Å². The van der Waals surface area contributed by atoms with Crippen molar-refractivity contribution in [3.8, 4) is 0 Å². The molecular formula is C74H127NO8P+. The molecule has 0 amide bonds. The minimum atomic E-state index is -4.41. The summed E-state index contributed by atoms with van der Waals surface area (Å²) < 4.78 is 34.6. The first-order valence-electron chi connectivity index (χ1n) is 33.9. The van der Waals surface area contributed by atoms with Gasteiger partial charge in [0.05, 0.1) is 27.7 Å². The lowest BCUT2D eigenvalue weighted by atomic mass is 10.0. The largest absolute Gasteiger partial charge is 0.472 e. The number of esters is 2. The lowest BCUT2D eigenvalue weighted by molar-refractivity contribution is -0.870. The summed E-state index contributed by atoms with van der Waals surface area (Å²) in [7, 11) is 1.45. The molecule has 0 aromatic heterocycles. The Hall–Kier alpha value is -3.85.